The molecule has 1 amide bonds. The lowest BCUT2D eigenvalue weighted by Crippen LogP contribution is -2.45. The molecule has 1 aliphatic rings. The second-order valence-electron chi connectivity index (χ2n) is 3.78. The highest BCUT2D eigenvalue weighted by Crippen LogP contribution is 2.47. The Balaban J connectivity index is 2.55. The van der Waals surface area contributed by atoms with Crippen molar-refractivity contribution < 1.29 is 26.8 Å². The Kier molecular flexibility index (Phi) is 2.58. The average Bonchev–Trinajstić information content (AvgIpc) is 2.40. The number of rotatable bonds is 1. The summed E-state index contributed by atoms with van der Waals surface area (Å²) in [4.78, 5) is 11.2. The van der Waals surface area contributed by atoms with Crippen molar-refractivity contribution in [1.29, 1.82) is 0 Å². The van der Waals surface area contributed by atoms with Crippen molar-refractivity contribution in [3.63, 3.8) is 0 Å². The van der Waals surface area contributed by atoms with Gasteiger partial charge in [0.05, 0.1) is 5.69 Å². The highest BCUT2D eigenvalue weighted by molar-refractivity contribution is 6.01. The van der Waals surface area contributed by atoms with Crippen molar-refractivity contribution in [2.75, 3.05) is 5.01 Å². The number of anilines is 1. The Morgan fingerprint density at radius 1 is 1.11 bits per heavy atom. The van der Waals surface area contributed by atoms with Crippen molar-refractivity contribution in [3.05, 3.63) is 29.8 Å². The van der Waals surface area contributed by atoms with Crippen LogP contribution in [0.4, 0.5) is 27.7 Å². The first-order chi connectivity index (χ1) is 8.21. The van der Waals surface area contributed by atoms with Gasteiger partial charge in [-0.25, -0.2) is 5.01 Å². The molecule has 0 aliphatic carbocycles. The lowest BCUT2D eigenvalue weighted by Gasteiger charge is -2.22. The highest BCUT2D eigenvalue weighted by atomic mass is 19.3. The number of alkyl halides is 4. The molecule has 1 heterocycles. The van der Waals surface area contributed by atoms with Gasteiger partial charge in [0.25, 0.3) is 0 Å². The van der Waals surface area contributed by atoms with E-state index in [2.05, 4.69) is 0 Å². The SMILES string of the molecule is Cc1ccccc1N1C(=O)C(F)(F)C(F)(F)N1F. The van der Waals surface area contributed by atoms with Gasteiger partial charge >= 0.3 is 17.9 Å². The van der Waals surface area contributed by atoms with Crippen molar-refractivity contribution in [1.82, 2.24) is 5.23 Å². The molecule has 0 radical (unpaired) electrons. The van der Waals surface area contributed by atoms with Crippen molar-refractivity contribution in [3.8, 4) is 0 Å². The molecule has 1 aromatic rings. The van der Waals surface area contributed by atoms with Gasteiger partial charge in [0, 0.05) is 5.23 Å². The fraction of sp³-hybridized carbons (Fsp3) is 0.300. The van der Waals surface area contributed by atoms with E-state index in [1.807, 2.05) is 0 Å². The van der Waals surface area contributed by atoms with Gasteiger partial charge in [0.2, 0.25) is 0 Å². The summed E-state index contributed by atoms with van der Waals surface area (Å²) in [6.45, 7) is 1.38. The maximum atomic E-state index is 13.3. The minimum Gasteiger partial charge on any atom is -0.266 e. The molecule has 0 saturated carbocycles. The standard InChI is InChI=1S/C10H7F5N2O/c1-6-4-2-3-5-7(6)16-8(18)9(11,12)10(13,14)17(16)15/h2-5H,1H3. The number of aryl methyl sites for hydroxylation is 1. The predicted molar refractivity (Wildman–Crippen MR) is 51.5 cm³/mol. The minimum atomic E-state index is -5.20. The fourth-order valence-corrected chi connectivity index (χ4v) is 1.59. The third-order valence-electron chi connectivity index (χ3n) is 2.59. The molecular weight excluding hydrogens is 259 g/mol. The molecule has 1 saturated heterocycles. The van der Waals surface area contributed by atoms with E-state index in [1.165, 1.54) is 25.1 Å². The fourth-order valence-electron chi connectivity index (χ4n) is 1.59. The molecule has 0 spiro atoms. The first-order valence-electron chi connectivity index (χ1n) is 4.83. The van der Waals surface area contributed by atoms with Crippen LogP contribution in [0.1, 0.15) is 5.56 Å². The van der Waals surface area contributed by atoms with E-state index >= 15 is 0 Å². The molecule has 3 nitrogen and oxygen atoms in total. The van der Waals surface area contributed by atoms with Crippen LogP contribution in [-0.4, -0.2) is 23.1 Å². The average molecular weight is 266 g/mol. The van der Waals surface area contributed by atoms with Crippen molar-refractivity contribution in [2.45, 2.75) is 18.9 Å². The van der Waals surface area contributed by atoms with Crippen LogP contribution >= 0.6 is 0 Å². The number of amides is 1. The van der Waals surface area contributed by atoms with E-state index in [0.717, 1.165) is 6.07 Å². The summed E-state index contributed by atoms with van der Waals surface area (Å²) in [5, 5.41) is -1.88. The summed E-state index contributed by atoms with van der Waals surface area (Å²) < 4.78 is 65.3. The van der Waals surface area contributed by atoms with Crippen LogP contribution in [0.3, 0.4) is 0 Å². The first kappa shape index (κ1) is 12.7. The predicted octanol–water partition coefficient (Wildman–Crippen LogP) is 2.67. The lowest BCUT2D eigenvalue weighted by molar-refractivity contribution is -0.292. The molecule has 98 valence electrons. The van der Waals surface area contributed by atoms with Gasteiger partial charge in [-0.2, -0.15) is 17.6 Å². The number of carbonyl (C=O) groups is 1. The van der Waals surface area contributed by atoms with Gasteiger partial charge in [-0.3, -0.25) is 4.79 Å². The Bertz CT molecular complexity index is 505. The van der Waals surface area contributed by atoms with Gasteiger partial charge in [0.15, 0.2) is 0 Å². The molecule has 1 aromatic carbocycles. The maximum Gasteiger partial charge on any atom is 0.419 e. The third-order valence-corrected chi connectivity index (χ3v) is 2.59. The van der Waals surface area contributed by atoms with E-state index in [9.17, 15) is 26.8 Å². The molecule has 1 aliphatic heterocycles. The molecule has 2 rings (SSSR count). The molecule has 0 bridgehead atoms. The summed E-state index contributed by atoms with van der Waals surface area (Å²) in [5.41, 5.74) is -0.149. The van der Waals surface area contributed by atoms with Crippen LogP contribution in [0.2, 0.25) is 0 Å². The van der Waals surface area contributed by atoms with Crippen LogP contribution < -0.4 is 5.01 Å². The summed E-state index contributed by atoms with van der Waals surface area (Å²) in [6, 6.07) is 0.0883. The van der Waals surface area contributed by atoms with E-state index in [1.54, 1.807) is 0 Å². The smallest absolute Gasteiger partial charge is 0.266 e. The second kappa shape index (κ2) is 3.64. The molecule has 0 unspecified atom stereocenters. The molecule has 0 N–H and O–H groups in total. The van der Waals surface area contributed by atoms with E-state index in [0.29, 0.717) is 0 Å². The van der Waals surface area contributed by atoms with Gasteiger partial charge in [0.1, 0.15) is 0 Å². The van der Waals surface area contributed by atoms with Crippen LogP contribution in [0.25, 0.3) is 0 Å². The Morgan fingerprint density at radius 3 is 2.11 bits per heavy atom. The van der Waals surface area contributed by atoms with E-state index < -0.39 is 23.1 Å². The summed E-state index contributed by atoms with van der Waals surface area (Å²) in [5.74, 6) is -7.41. The molecular formula is C10H7F5N2O. The van der Waals surface area contributed by atoms with E-state index in [-0.39, 0.29) is 16.3 Å². The van der Waals surface area contributed by atoms with Crippen LogP contribution in [0, 0.1) is 6.92 Å². The van der Waals surface area contributed by atoms with Gasteiger partial charge in [-0.1, -0.05) is 18.2 Å². The second-order valence-corrected chi connectivity index (χ2v) is 3.78. The molecule has 8 heteroatoms. The summed E-state index contributed by atoms with van der Waals surface area (Å²) >= 11 is 0. The lowest BCUT2D eigenvalue weighted by atomic mass is 10.2. The number of hydrogen-bond acceptors (Lipinski definition) is 2. The topological polar surface area (TPSA) is 23.6 Å². The number of hydrogen-bond donors (Lipinski definition) is 0. The van der Waals surface area contributed by atoms with Gasteiger partial charge in [-0.15, -0.1) is 4.48 Å². The van der Waals surface area contributed by atoms with Gasteiger partial charge in [-0.05, 0) is 18.6 Å². The summed E-state index contributed by atoms with van der Waals surface area (Å²) in [7, 11) is 0. The zero-order valence-electron chi connectivity index (χ0n) is 9.00. The third kappa shape index (κ3) is 1.41. The number of benzene rings is 1. The molecule has 0 atom stereocenters. The molecule has 1 fully saturated rings. The number of carbonyl (C=O) groups excluding carboxylic acids is 1. The van der Waals surface area contributed by atoms with Gasteiger partial charge < -0.3 is 0 Å². The monoisotopic (exact) mass is 266 g/mol. The van der Waals surface area contributed by atoms with Crippen molar-refractivity contribution in [2.24, 2.45) is 0 Å². The number of halogens is 5. The zero-order valence-corrected chi connectivity index (χ0v) is 9.00. The maximum absolute atomic E-state index is 13.3. The Labute approximate surface area is 98.3 Å². The normalized spacial score (nSPS) is 22.6. The van der Waals surface area contributed by atoms with Crippen molar-refractivity contribution >= 4 is 11.6 Å². The molecule has 0 aromatic heterocycles. The highest BCUT2D eigenvalue weighted by Gasteiger charge is 2.76. The number of para-hydroxylation sites is 1. The quantitative estimate of drug-likeness (QED) is 0.443. The number of nitrogens with zero attached hydrogens (tertiary/aromatic N) is 2. The summed E-state index contributed by atoms with van der Waals surface area (Å²) in [6.07, 6.45) is 0. The number of hydrazine groups is 1. The first-order valence-corrected chi connectivity index (χ1v) is 4.83. The Hall–Kier alpha value is -1.70. The Morgan fingerprint density at radius 2 is 1.67 bits per heavy atom. The van der Waals surface area contributed by atoms with E-state index in [4.69, 9.17) is 0 Å². The molecule has 18 heavy (non-hydrogen) atoms. The zero-order chi connectivity index (χ0) is 13.7. The van der Waals surface area contributed by atoms with Crippen LogP contribution in [-0.2, 0) is 4.79 Å². The van der Waals surface area contributed by atoms with Crippen LogP contribution in [0.15, 0.2) is 24.3 Å². The minimum absolute atomic E-state index is 0.210. The van der Waals surface area contributed by atoms with Crippen LogP contribution in [0.5, 0.6) is 0 Å². The largest absolute Gasteiger partial charge is 0.419 e.